The van der Waals surface area contributed by atoms with E-state index in [1.165, 1.54) is 24.9 Å². The Kier molecular flexibility index (Phi) is 4.06. The molecule has 0 aliphatic carbocycles. The third kappa shape index (κ3) is 2.73. The minimum absolute atomic E-state index is 0.282. The van der Waals surface area contributed by atoms with Crippen LogP contribution in [0.5, 0.6) is 11.5 Å². The van der Waals surface area contributed by atoms with Crippen LogP contribution >= 0.6 is 0 Å². The zero-order valence-electron chi connectivity index (χ0n) is 15.8. The van der Waals surface area contributed by atoms with Crippen molar-refractivity contribution in [2.75, 3.05) is 14.2 Å². The summed E-state index contributed by atoms with van der Waals surface area (Å²) in [7, 11) is 2.96. The Morgan fingerprint density at radius 1 is 1.07 bits per heavy atom. The maximum Gasteiger partial charge on any atom is 0.331 e. The average Bonchev–Trinajstić information content (AvgIpc) is 3.08. The van der Waals surface area contributed by atoms with Crippen molar-refractivity contribution in [2.45, 2.75) is 51.1 Å². The largest absolute Gasteiger partial charge is 0.493 e. The number of H-pyrrole nitrogens is 1. The van der Waals surface area contributed by atoms with E-state index in [1.54, 1.807) is 6.07 Å². The molecule has 1 aromatic heterocycles. The van der Waals surface area contributed by atoms with E-state index in [4.69, 9.17) is 23.7 Å². The van der Waals surface area contributed by atoms with Gasteiger partial charge in [-0.25, -0.2) is 4.79 Å². The fraction of sp³-hybridized carbons (Fsp3) is 0.556. The van der Waals surface area contributed by atoms with Gasteiger partial charge in [-0.1, -0.05) is 0 Å². The molecule has 9 nitrogen and oxygen atoms in total. The number of hydrogen-bond donors (Lipinski definition) is 1. The van der Waals surface area contributed by atoms with E-state index in [-0.39, 0.29) is 17.6 Å². The summed E-state index contributed by atoms with van der Waals surface area (Å²) in [4.78, 5) is 27.4. The molecule has 0 unspecified atom stereocenters. The molecule has 0 amide bonds. The number of ether oxygens (including phenoxy) is 5. The van der Waals surface area contributed by atoms with Crippen LogP contribution in [0.25, 0.3) is 10.9 Å². The van der Waals surface area contributed by atoms with Gasteiger partial charge in [0.1, 0.15) is 12.2 Å². The van der Waals surface area contributed by atoms with E-state index < -0.39 is 29.4 Å². The molecule has 0 radical (unpaired) electrons. The highest BCUT2D eigenvalue weighted by atomic mass is 16.8. The first-order chi connectivity index (χ1) is 12.8. The number of methoxy groups -OCH3 is 2. The fourth-order valence-corrected chi connectivity index (χ4v) is 3.82. The van der Waals surface area contributed by atoms with Crippen LogP contribution in [0.15, 0.2) is 21.7 Å². The Morgan fingerprint density at radius 3 is 2.37 bits per heavy atom. The highest BCUT2D eigenvalue weighted by Crippen LogP contribution is 2.43. The number of nitrogens with zero attached hydrogens (tertiary/aromatic N) is 1. The van der Waals surface area contributed by atoms with Crippen molar-refractivity contribution in [3.63, 3.8) is 0 Å². The Balaban J connectivity index is 1.94. The summed E-state index contributed by atoms with van der Waals surface area (Å²) in [5.74, 6) is 0.00449. The Bertz CT molecular complexity index is 1010. The Labute approximate surface area is 154 Å². The van der Waals surface area contributed by atoms with Crippen LogP contribution in [0.4, 0.5) is 0 Å². The lowest BCUT2D eigenvalue weighted by molar-refractivity contribution is -0.194. The molecule has 1 aromatic carbocycles. The molecule has 2 aromatic rings. The summed E-state index contributed by atoms with van der Waals surface area (Å²) >= 11 is 0. The molecule has 4 rings (SSSR count). The quantitative estimate of drug-likeness (QED) is 0.855. The Morgan fingerprint density at radius 2 is 1.70 bits per heavy atom. The normalized spacial score (nSPS) is 29.1. The summed E-state index contributed by atoms with van der Waals surface area (Å²) in [6.45, 7) is 5.50. The SMILES string of the molecule is COc1cc2c(=O)[nH]c(=O)n([C@@H]3O[C@H](C)[C@H]4OC(C)(C)O[C@H]43)c2cc1OC. The van der Waals surface area contributed by atoms with Crippen molar-refractivity contribution in [1.82, 2.24) is 9.55 Å². The zero-order valence-corrected chi connectivity index (χ0v) is 15.8. The predicted molar refractivity (Wildman–Crippen MR) is 95.3 cm³/mol. The number of rotatable bonds is 3. The number of benzene rings is 1. The average molecular weight is 378 g/mol. The molecule has 0 saturated carbocycles. The summed E-state index contributed by atoms with van der Waals surface area (Å²) < 4.78 is 29.9. The van der Waals surface area contributed by atoms with Crippen LogP contribution in [-0.4, -0.2) is 47.9 Å². The van der Waals surface area contributed by atoms with Gasteiger partial charge in [0, 0.05) is 6.07 Å². The first-order valence-corrected chi connectivity index (χ1v) is 8.67. The van der Waals surface area contributed by atoms with E-state index >= 15 is 0 Å². The number of nitrogens with one attached hydrogen (secondary N) is 1. The van der Waals surface area contributed by atoms with Gasteiger partial charge < -0.3 is 23.7 Å². The number of hydrogen-bond acceptors (Lipinski definition) is 7. The first-order valence-electron chi connectivity index (χ1n) is 8.67. The fourth-order valence-electron chi connectivity index (χ4n) is 3.82. The monoisotopic (exact) mass is 378 g/mol. The zero-order chi connectivity index (χ0) is 19.5. The highest BCUT2D eigenvalue weighted by molar-refractivity contribution is 5.82. The molecule has 2 aliphatic rings. The molecule has 9 heteroatoms. The molecule has 3 heterocycles. The van der Waals surface area contributed by atoms with Gasteiger partial charge in [0.05, 0.1) is 31.2 Å². The molecular formula is C18H22N2O7. The molecule has 2 fully saturated rings. The topological polar surface area (TPSA) is 101 Å². The van der Waals surface area contributed by atoms with Crippen LogP contribution in [0.3, 0.4) is 0 Å². The van der Waals surface area contributed by atoms with Gasteiger partial charge in [-0.05, 0) is 26.8 Å². The summed E-state index contributed by atoms with van der Waals surface area (Å²) in [5, 5.41) is 0.283. The van der Waals surface area contributed by atoms with Crippen molar-refractivity contribution in [1.29, 1.82) is 0 Å². The minimum atomic E-state index is -0.784. The molecule has 4 atom stereocenters. The number of aromatic amines is 1. The van der Waals surface area contributed by atoms with Gasteiger partial charge in [0.25, 0.3) is 5.56 Å². The molecule has 0 spiro atoms. The van der Waals surface area contributed by atoms with E-state index in [0.29, 0.717) is 17.0 Å². The molecule has 0 bridgehead atoms. The molecule has 2 saturated heterocycles. The van der Waals surface area contributed by atoms with Crippen LogP contribution in [0.1, 0.15) is 27.0 Å². The van der Waals surface area contributed by atoms with Crippen molar-refractivity contribution in [2.24, 2.45) is 0 Å². The van der Waals surface area contributed by atoms with Gasteiger partial charge in [0.2, 0.25) is 0 Å². The second-order valence-electron chi connectivity index (χ2n) is 7.15. The van der Waals surface area contributed by atoms with Gasteiger partial charge in [-0.2, -0.15) is 0 Å². The highest BCUT2D eigenvalue weighted by Gasteiger charge is 2.54. The lowest BCUT2D eigenvalue weighted by Crippen LogP contribution is -2.38. The molecule has 2 aliphatic heterocycles. The predicted octanol–water partition coefficient (Wildman–Crippen LogP) is 1.14. The van der Waals surface area contributed by atoms with Crippen LogP contribution in [0.2, 0.25) is 0 Å². The lowest BCUT2D eigenvalue weighted by Gasteiger charge is -2.25. The molecule has 27 heavy (non-hydrogen) atoms. The lowest BCUT2D eigenvalue weighted by atomic mass is 10.1. The van der Waals surface area contributed by atoms with Crippen molar-refractivity contribution in [3.8, 4) is 11.5 Å². The summed E-state index contributed by atoms with van der Waals surface area (Å²) in [6.07, 6.45) is -1.85. The summed E-state index contributed by atoms with van der Waals surface area (Å²) in [5.41, 5.74) is -0.739. The van der Waals surface area contributed by atoms with Crippen LogP contribution < -0.4 is 20.7 Å². The molecule has 146 valence electrons. The van der Waals surface area contributed by atoms with Gasteiger partial charge in [0.15, 0.2) is 23.5 Å². The third-order valence-corrected chi connectivity index (χ3v) is 4.96. The van der Waals surface area contributed by atoms with Crippen molar-refractivity contribution < 1.29 is 23.7 Å². The maximum absolute atomic E-state index is 12.7. The van der Waals surface area contributed by atoms with Crippen molar-refractivity contribution in [3.05, 3.63) is 33.0 Å². The summed E-state index contributed by atoms with van der Waals surface area (Å²) in [6, 6.07) is 3.13. The Hall–Kier alpha value is -2.36. The van der Waals surface area contributed by atoms with Gasteiger partial charge >= 0.3 is 5.69 Å². The standard InChI is InChI=1S/C18H22N2O7/c1-8-13-14(27-18(2,3)26-13)16(25-8)20-10-7-12(24-5)11(23-4)6-9(10)15(21)19-17(20)22/h6-8,13-14,16H,1-5H3,(H,19,21,22)/t8-,13-,14-,16-/m1/s1. The number of aromatic nitrogens is 2. The second kappa shape index (κ2) is 6.08. The minimum Gasteiger partial charge on any atom is -0.493 e. The van der Waals surface area contributed by atoms with Gasteiger partial charge in [-0.3, -0.25) is 14.3 Å². The molecule has 1 N–H and O–H groups in total. The smallest absolute Gasteiger partial charge is 0.331 e. The maximum atomic E-state index is 12.7. The van der Waals surface area contributed by atoms with E-state index in [0.717, 1.165) is 0 Å². The third-order valence-electron chi connectivity index (χ3n) is 4.96. The van der Waals surface area contributed by atoms with Crippen molar-refractivity contribution >= 4 is 10.9 Å². The first kappa shape index (κ1) is 18.0. The number of fused-ring (bicyclic) bond motifs is 2. The van der Waals surface area contributed by atoms with Gasteiger partial charge in [-0.15, -0.1) is 0 Å². The van der Waals surface area contributed by atoms with Crippen LogP contribution in [0, 0.1) is 0 Å². The van der Waals surface area contributed by atoms with Crippen LogP contribution in [-0.2, 0) is 14.2 Å². The second-order valence-corrected chi connectivity index (χ2v) is 7.15. The van der Waals surface area contributed by atoms with E-state index in [1.807, 2.05) is 20.8 Å². The van der Waals surface area contributed by atoms with E-state index in [9.17, 15) is 9.59 Å². The molecular weight excluding hydrogens is 356 g/mol. The van der Waals surface area contributed by atoms with E-state index in [2.05, 4.69) is 4.98 Å².